The topological polar surface area (TPSA) is 82.2 Å². The maximum atomic E-state index is 12.7. The number of nitrogens with zero attached hydrogens (tertiary/aromatic N) is 3. The van der Waals surface area contributed by atoms with E-state index in [2.05, 4.69) is 21.6 Å². The Morgan fingerprint density at radius 1 is 1.18 bits per heavy atom. The molecule has 2 aromatic heterocycles. The first-order chi connectivity index (χ1) is 13.5. The molecule has 0 saturated carbocycles. The number of anilines is 1. The number of nitrogens with one attached hydrogen (secondary N) is 1. The van der Waals surface area contributed by atoms with Crippen molar-refractivity contribution in [3.63, 3.8) is 0 Å². The molecule has 0 aliphatic carbocycles. The second-order valence-corrected chi connectivity index (χ2v) is 6.69. The van der Waals surface area contributed by atoms with E-state index in [-0.39, 0.29) is 12.3 Å². The van der Waals surface area contributed by atoms with Gasteiger partial charge in [0.1, 0.15) is 24.0 Å². The van der Waals surface area contributed by atoms with Gasteiger partial charge in [-0.2, -0.15) is 0 Å². The molecular weight excluding hydrogens is 356 g/mol. The molecule has 0 aliphatic rings. The largest absolute Gasteiger partial charge is 0.495 e. The SMILES string of the molecule is COc1ccc(-n2cnnc2)cc1NC(=O)Cc1coc2cc(C)cc(C)c12. The van der Waals surface area contributed by atoms with Gasteiger partial charge in [-0.25, -0.2) is 0 Å². The molecule has 7 nitrogen and oxygen atoms in total. The Morgan fingerprint density at radius 3 is 2.71 bits per heavy atom. The number of carbonyl (C=O) groups is 1. The highest BCUT2D eigenvalue weighted by molar-refractivity contribution is 5.97. The lowest BCUT2D eigenvalue weighted by atomic mass is 10.0. The van der Waals surface area contributed by atoms with E-state index in [9.17, 15) is 4.79 Å². The normalized spacial score (nSPS) is 11.0. The number of carbonyl (C=O) groups excluding carboxylic acids is 1. The van der Waals surface area contributed by atoms with Crippen molar-refractivity contribution in [1.82, 2.24) is 14.8 Å². The summed E-state index contributed by atoms with van der Waals surface area (Å²) in [6, 6.07) is 9.56. The second-order valence-electron chi connectivity index (χ2n) is 6.69. The summed E-state index contributed by atoms with van der Waals surface area (Å²) < 4.78 is 12.8. The van der Waals surface area contributed by atoms with Crippen LogP contribution in [0.25, 0.3) is 16.7 Å². The van der Waals surface area contributed by atoms with Crippen LogP contribution in [-0.4, -0.2) is 27.8 Å². The molecule has 142 valence electrons. The predicted octanol–water partition coefficient (Wildman–Crippen LogP) is 3.82. The van der Waals surface area contributed by atoms with E-state index in [1.54, 1.807) is 36.7 Å². The zero-order valence-corrected chi connectivity index (χ0v) is 15.9. The van der Waals surface area contributed by atoms with Crippen LogP contribution in [0.1, 0.15) is 16.7 Å². The average molecular weight is 376 g/mol. The Morgan fingerprint density at radius 2 is 1.96 bits per heavy atom. The number of ether oxygens (including phenoxy) is 1. The van der Waals surface area contributed by atoms with E-state index in [1.807, 2.05) is 32.0 Å². The van der Waals surface area contributed by atoms with E-state index in [1.165, 1.54) is 0 Å². The fourth-order valence-corrected chi connectivity index (χ4v) is 3.41. The average Bonchev–Trinajstić information content (AvgIpc) is 3.32. The van der Waals surface area contributed by atoms with Crippen LogP contribution in [0.2, 0.25) is 0 Å². The van der Waals surface area contributed by atoms with Crippen molar-refractivity contribution in [3.8, 4) is 11.4 Å². The maximum absolute atomic E-state index is 12.7. The minimum Gasteiger partial charge on any atom is -0.495 e. The Bertz CT molecular complexity index is 1150. The van der Waals surface area contributed by atoms with E-state index < -0.39 is 0 Å². The Hall–Kier alpha value is -3.61. The van der Waals surface area contributed by atoms with Crippen LogP contribution >= 0.6 is 0 Å². The number of fused-ring (bicyclic) bond motifs is 1. The van der Waals surface area contributed by atoms with Crippen molar-refractivity contribution in [2.45, 2.75) is 20.3 Å². The minimum absolute atomic E-state index is 0.151. The zero-order chi connectivity index (χ0) is 19.7. The van der Waals surface area contributed by atoms with Gasteiger partial charge in [-0.15, -0.1) is 10.2 Å². The first-order valence-corrected chi connectivity index (χ1v) is 8.85. The van der Waals surface area contributed by atoms with Crippen LogP contribution in [0.4, 0.5) is 5.69 Å². The molecule has 0 atom stereocenters. The summed E-state index contributed by atoms with van der Waals surface area (Å²) in [5.41, 5.74) is 5.29. The molecule has 4 aromatic rings. The van der Waals surface area contributed by atoms with Crippen LogP contribution < -0.4 is 10.1 Å². The molecular formula is C21H20N4O3. The van der Waals surface area contributed by atoms with Crippen molar-refractivity contribution < 1.29 is 13.9 Å². The highest BCUT2D eigenvalue weighted by Gasteiger charge is 2.15. The van der Waals surface area contributed by atoms with Gasteiger partial charge in [-0.3, -0.25) is 9.36 Å². The van der Waals surface area contributed by atoms with Crippen molar-refractivity contribution in [1.29, 1.82) is 0 Å². The standard InChI is InChI=1S/C21H20N4O3/c1-13-6-14(2)21-15(10-28-19(21)7-13)8-20(26)24-17-9-16(4-5-18(17)27-3)25-11-22-23-12-25/h4-7,9-12H,8H2,1-3H3,(H,24,26). The molecule has 0 fully saturated rings. The van der Waals surface area contributed by atoms with Crippen LogP contribution in [0, 0.1) is 13.8 Å². The van der Waals surface area contributed by atoms with Crippen LogP contribution in [0.3, 0.4) is 0 Å². The number of benzene rings is 2. The molecule has 2 heterocycles. The first kappa shape index (κ1) is 17.8. The lowest BCUT2D eigenvalue weighted by Gasteiger charge is -2.12. The summed E-state index contributed by atoms with van der Waals surface area (Å²) in [6.45, 7) is 4.05. The lowest BCUT2D eigenvalue weighted by molar-refractivity contribution is -0.115. The maximum Gasteiger partial charge on any atom is 0.229 e. The van der Waals surface area contributed by atoms with Crippen molar-refractivity contribution in [3.05, 3.63) is 65.9 Å². The summed E-state index contributed by atoms with van der Waals surface area (Å²) in [7, 11) is 1.57. The summed E-state index contributed by atoms with van der Waals surface area (Å²) in [4.78, 5) is 12.7. The molecule has 28 heavy (non-hydrogen) atoms. The molecule has 0 saturated heterocycles. The van der Waals surface area contributed by atoms with Gasteiger partial charge in [0.15, 0.2) is 0 Å². The van der Waals surface area contributed by atoms with Crippen molar-refractivity contribution in [2.24, 2.45) is 0 Å². The number of methoxy groups -OCH3 is 1. The minimum atomic E-state index is -0.151. The van der Waals surface area contributed by atoms with Gasteiger partial charge in [0.05, 0.1) is 31.2 Å². The van der Waals surface area contributed by atoms with Crippen molar-refractivity contribution in [2.75, 3.05) is 12.4 Å². The van der Waals surface area contributed by atoms with Crippen LogP contribution in [0.15, 0.2) is 53.7 Å². The summed E-state index contributed by atoms with van der Waals surface area (Å²) in [5.74, 6) is 0.427. The van der Waals surface area contributed by atoms with E-state index in [4.69, 9.17) is 9.15 Å². The Kier molecular flexibility index (Phi) is 4.57. The molecule has 0 bridgehead atoms. The molecule has 0 radical (unpaired) electrons. The molecule has 7 heteroatoms. The number of hydrogen-bond acceptors (Lipinski definition) is 5. The monoisotopic (exact) mass is 376 g/mol. The van der Waals surface area contributed by atoms with Gasteiger partial charge in [0.25, 0.3) is 0 Å². The third-order valence-corrected chi connectivity index (χ3v) is 4.62. The van der Waals surface area contributed by atoms with Crippen LogP contribution in [0.5, 0.6) is 5.75 Å². The number of hydrogen-bond donors (Lipinski definition) is 1. The molecule has 0 spiro atoms. The summed E-state index contributed by atoms with van der Waals surface area (Å²) in [5, 5.41) is 11.5. The van der Waals surface area contributed by atoms with E-state index in [0.717, 1.165) is 33.3 Å². The Balaban J connectivity index is 1.60. The number of furan rings is 1. The second kappa shape index (κ2) is 7.19. The molecule has 0 unspecified atom stereocenters. The van der Waals surface area contributed by atoms with Gasteiger partial charge in [-0.1, -0.05) is 6.07 Å². The zero-order valence-electron chi connectivity index (χ0n) is 15.9. The molecule has 0 aliphatic heterocycles. The molecule has 2 aromatic carbocycles. The highest BCUT2D eigenvalue weighted by Crippen LogP contribution is 2.29. The molecule has 1 amide bonds. The smallest absolute Gasteiger partial charge is 0.229 e. The van der Waals surface area contributed by atoms with Gasteiger partial charge >= 0.3 is 0 Å². The number of rotatable bonds is 5. The predicted molar refractivity (Wildman–Crippen MR) is 106 cm³/mol. The third-order valence-electron chi connectivity index (χ3n) is 4.62. The first-order valence-electron chi connectivity index (χ1n) is 8.85. The van der Waals surface area contributed by atoms with Gasteiger partial charge in [0, 0.05) is 10.9 Å². The Labute approximate surface area is 161 Å². The van der Waals surface area contributed by atoms with E-state index >= 15 is 0 Å². The van der Waals surface area contributed by atoms with Gasteiger partial charge < -0.3 is 14.5 Å². The molecule has 1 N–H and O–H groups in total. The van der Waals surface area contributed by atoms with Gasteiger partial charge in [0.2, 0.25) is 5.91 Å². The number of aromatic nitrogens is 3. The molecule has 4 rings (SSSR count). The quantitative estimate of drug-likeness (QED) is 0.573. The van der Waals surface area contributed by atoms with Crippen LogP contribution in [-0.2, 0) is 11.2 Å². The van der Waals surface area contributed by atoms with Gasteiger partial charge in [-0.05, 0) is 49.2 Å². The highest BCUT2D eigenvalue weighted by atomic mass is 16.5. The number of amides is 1. The van der Waals surface area contributed by atoms with Crippen molar-refractivity contribution >= 4 is 22.6 Å². The summed E-state index contributed by atoms with van der Waals surface area (Å²) in [6.07, 6.45) is 5.05. The number of aryl methyl sites for hydroxylation is 2. The summed E-state index contributed by atoms with van der Waals surface area (Å²) >= 11 is 0. The third kappa shape index (κ3) is 3.34. The lowest BCUT2D eigenvalue weighted by Crippen LogP contribution is -2.15. The fourth-order valence-electron chi connectivity index (χ4n) is 3.41. The van der Waals surface area contributed by atoms with E-state index in [0.29, 0.717) is 11.4 Å². The fraction of sp³-hybridized carbons (Fsp3) is 0.190.